The van der Waals surface area contributed by atoms with Crippen LogP contribution in [0.3, 0.4) is 0 Å². The fraction of sp³-hybridized carbons (Fsp3) is 0.133. The third-order valence-electron chi connectivity index (χ3n) is 3.18. The number of aromatic nitrogens is 1. The van der Waals surface area contributed by atoms with Crippen LogP contribution in [-0.2, 0) is 11.2 Å². The summed E-state index contributed by atoms with van der Waals surface area (Å²) in [5.41, 5.74) is 6.13. The van der Waals surface area contributed by atoms with E-state index in [4.69, 9.17) is 4.74 Å². The molecule has 6 nitrogen and oxygen atoms in total. The van der Waals surface area contributed by atoms with Crippen LogP contribution in [0.25, 0.3) is 0 Å². The second-order valence-corrected chi connectivity index (χ2v) is 4.60. The number of hydrogen-bond donors (Lipinski definition) is 2. The molecule has 106 valence electrons. The molecule has 6 heteroatoms. The van der Waals surface area contributed by atoms with Gasteiger partial charge in [0.25, 0.3) is 11.8 Å². The van der Waals surface area contributed by atoms with Gasteiger partial charge in [0.1, 0.15) is 5.75 Å². The number of pyridine rings is 1. The summed E-state index contributed by atoms with van der Waals surface area (Å²) < 4.78 is 5.53. The number of carbonyl (C=O) groups excluding carboxylic acids is 2. The molecule has 1 aromatic carbocycles. The Labute approximate surface area is 121 Å². The fourth-order valence-electron chi connectivity index (χ4n) is 2.10. The summed E-state index contributed by atoms with van der Waals surface area (Å²) in [6.07, 6.45) is 2.88. The first kappa shape index (κ1) is 13.1. The molecule has 0 fully saturated rings. The van der Waals surface area contributed by atoms with E-state index in [9.17, 15) is 9.59 Å². The number of nitrogens with one attached hydrogen (secondary N) is 2. The van der Waals surface area contributed by atoms with Gasteiger partial charge in [-0.05, 0) is 23.8 Å². The first-order chi connectivity index (χ1) is 10.2. The van der Waals surface area contributed by atoms with Crippen molar-refractivity contribution in [3.05, 3.63) is 59.9 Å². The van der Waals surface area contributed by atoms with Gasteiger partial charge in [-0.15, -0.1) is 0 Å². The van der Waals surface area contributed by atoms with Gasteiger partial charge >= 0.3 is 0 Å². The normalized spacial score (nSPS) is 15.7. The Balaban J connectivity index is 1.55. The zero-order valence-corrected chi connectivity index (χ0v) is 11.1. The molecule has 0 unspecified atom stereocenters. The van der Waals surface area contributed by atoms with Crippen LogP contribution in [0.15, 0.2) is 48.8 Å². The van der Waals surface area contributed by atoms with E-state index in [1.165, 1.54) is 12.4 Å². The van der Waals surface area contributed by atoms with Gasteiger partial charge in [0.05, 0.1) is 0 Å². The van der Waals surface area contributed by atoms with Gasteiger partial charge in [0, 0.05) is 24.4 Å². The molecule has 2 amide bonds. The number of amides is 2. The van der Waals surface area contributed by atoms with Crippen molar-refractivity contribution in [2.24, 2.45) is 0 Å². The van der Waals surface area contributed by atoms with Crippen LogP contribution in [0.5, 0.6) is 5.75 Å². The summed E-state index contributed by atoms with van der Waals surface area (Å²) in [6.45, 7) is 0. The van der Waals surface area contributed by atoms with Gasteiger partial charge in [-0.3, -0.25) is 25.4 Å². The molecule has 0 radical (unpaired) electrons. The van der Waals surface area contributed by atoms with Crippen molar-refractivity contribution in [3.8, 4) is 5.75 Å². The lowest BCUT2D eigenvalue weighted by Crippen LogP contribution is -2.47. The van der Waals surface area contributed by atoms with Gasteiger partial charge in [-0.1, -0.05) is 18.2 Å². The Morgan fingerprint density at radius 2 is 1.86 bits per heavy atom. The lowest BCUT2D eigenvalue weighted by molar-refractivity contribution is -0.128. The minimum atomic E-state index is -0.625. The molecule has 2 aromatic rings. The van der Waals surface area contributed by atoms with Crippen LogP contribution in [0.4, 0.5) is 0 Å². The molecule has 1 aliphatic heterocycles. The quantitative estimate of drug-likeness (QED) is 0.801. The molecule has 0 saturated carbocycles. The number of hydrazine groups is 1. The van der Waals surface area contributed by atoms with Crippen molar-refractivity contribution >= 4 is 11.8 Å². The molecule has 3 rings (SSSR count). The predicted molar refractivity (Wildman–Crippen MR) is 74.4 cm³/mol. The predicted octanol–water partition coefficient (Wildman–Crippen LogP) is 0.846. The highest BCUT2D eigenvalue weighted by molar-refractivity contribution is 5.95. The Kier molecular flexibility index (Phi) is 3.51. The van der Waals surface area contributed by atoms with Gasteiger partial charge in [0.2, 0.25) is 0 Å². The van der Waals surface area contributed by atoms with Gasteiger partial charge in [-0.25, -0.2) is 0 Å². The van der Waals surface area contributed by atoms with Crippen molar-refractivity contribution in [1.82, 2.24) is 15.8 Å². The molecule has 0 spiro atoms. The lowest BCUT2D eigenvalue weighted by atomic mass is 10.1. The Morgan fingerprint density at radius 3 is 2.62 bits per heavy atom. The minimum absolute atomic E-state index is 0.381. The minimum Gasteiger partial charge on any atom is -0.480 e. The second kappa shape index (κ2) is 5.62. The van der Waals surface area contributed by atoms with Crippen molar-refractivity contribution in [3.63, 3.8) is 0 Å². The summed E-state index contributed by atoms with van der Waals surface area (Å²) in [7, 11) is 0. The van der Waals surface area contributed by atoms with Gasteiger partial charge in [0.15, 0.2) is 6.10 Å². The average molecular weight is 283 g/mol. The number of fused-ring (bicyclic) bond motifs is 1. The summed E-state index contributed by atoms with van der Waals surface area (Å²) in [5, 5.41) is 0. The second-order valence-electron chi connectivity index (χ2n) is 4.60. The zero-order valence-electron chi connectivity index (χ0n) is 11.1. The monoisotopic (exact) mass is 283 g/mol. The molecule has 1 aliphatic rings. The standard InChI is InChI=1S/C15H13N3O3/c19-14(10-5-7-16-8-6-10)17-18-15(20)13-9-11-3-1-2-4-12(11)21-13/h1-8,13H,9H2,(H,17,19)(H,18,20)/t13-/m1/s1. The van der Waals surface area contributed by atoms with E-state index >= 15 is 0 Å². The maximum absolute atomic E-state index is 12.0. The van der Waals surface area contributed by atoms with Crippen LogP contribution >= 0.6 is 0 Å². The summed E-state index contributed by atoms with van der Waals surface area (Å²) in [6, 6.07) is 10.6. The SMILES string of the molecule is O=C(NNC(=O)[C@H]1Cc2ccccc2O1)c1ccncc1. The van der Waals surface area contributed by atoms with E-state index in [2.05, 4.69) is 15.8 Å². The Hall–Kier alpha value is -2.89. The van der Waals surface area contributed by atoms with E-state index in [0.29, 0.717) is 17.7 Å². The van der Waals surface area contributed by atoms with Gasteiger partial charge < -0.3 is 4.74 Å². The van der Waals surface area contributed by atoms with E-state index in [-0.39, 0.29) is 5.91 Å². The number of rotatable bonds is 2. The van der Waals surface area contributed by atoms with Gasteiger partial charge in [-0.2, -0.15) is 0 Å². The molecular formula is C15H13N3O3. The number of hydrogen-bond acceptors (Lipinski definition) is 4. The third-order valence-corrected chi connectivity index (χ3v) is 3.18. The highest BCUT2D eigenvalue weighted by Gasteiger charge is 2.28. The van der Waals surface area contributed by atoms with Crippen LogP contribution in [0.2, 0.25) is 0 Å². The maximum atomic E-state index is 12.0. The highest BCUT2D eigenvalue weighted by Crippen LogP contribution is 2.27. The topological polar surface area (TPSA) is 80.3 Å². The number of benzene rings is 1. The third kappa shape index (κ3) is 2.84. The average Bonchev–Trinajstić information content (AvgIpc) is 2.97. The van der Waals surface area contributed by atoms with Crippen molar-refractivity contribution < 1.29 is 14.3 Å². The fourth-order valence-corrected chi connectivity index (χ4v) is 2.10. The van der Waals surface area contributed by atoms with Crippen molar-refractivity contribution in [2.75, 3.05) is 0 Å². The largest absolute Gasteiger partial charge is 0.480 e. The number of carbonyl (C=O) groups is 2. The number of nitrogens with zero attached hydrogens (tertiary/aromatic N) is 1. The molecule has 1 aromatic heterocycles. The Morgan fingerprint density at radius 1 is 1.10 bits per heavy atom. The van der Waals surface area contributed by atoms with E-state index in [1.807, 2.05) is 24.3 Å². The first-order valence-electron chi connectivity index (χ1n) is 6.49. The molecule has 2 N–H and O–H groups in total. The summed E-state index contributed by atoms with van der Waals surface area (Å²) in [4.78, 5) is 27.6. The van der Waals surface area contributed by atoms with Crippen LogP contribution in [0.1, 0.15) is 15.9 Å². The molecule has 0 aliphatic carbocycles. The highest BCUT2D eigenvalue weighted by atomic mass is 16.5. The molecule has 21 heavy (non-hydrogen) atoms. The molecule has 0 bridgehead atoms. The zero-order chi connectivity index (χ0) is 14.7. The van der Waals surface area contributed by atoms with E-state index in [0.717, 1.165) is 5.56 Å². The van der Waals surface area contributed by atoms with Crippen LogP contribution in [-0.4, -0.2) is 22.9 Å². The summed E-state index contributed by atoms with van der Waals surface area (Å²) in [5.74, 6) is -0.0759. The first-order valence-corrected chi connectivity index (χ1v) is 6.49. The Bertz CT molecular complexity index is 648. The van der Waals surface area contributed by atoms with Crippen molar-refractivity contribution in [1.29, 1.82) is 0 Å². The number of ether oxygens (including phenoxy) is 1. The van der Waals surface area contributed by atoms with Crippen LogP contribution < -0.4 is 15.6 Å². The maximum Gasteiger partial charge on any atom is 0.279 e. The molecular weight excluding hydrogens is 270 g/mol. The van der Waals surface area contributed by atoms with Crippen LogP contribution in [0, 0.1) is 0 Å². The smallest absolute Gasteiger partial charge is 0.279 e. The molecule has 0 saturated heterocycles. The molecule has 1 atom stereocenters. The number of para-hydroxylation sites is 1. The van der Waals surface area contributed by atoms with E-state index in [1.54, 1.807) is 12.1 Å². The lowest BCUT2D eigenvalue weighted by Gasteiger charge is -2.12. The molecule has 2 heterocycles. The van der Waals surface area contributed by atoms with Crippen molar-refractivity contribution in [2.45, 2.75) is 12.5 Å². The van der Waals surface area contributed by atoms with E-state index < -0.39 is 12.0 Å². The summed E-state index contributed by atoms with van der Waals surface area (Å²) >= 11 is 0.